The molecule has 0 saturated carbocycles. The second-order valence-corrected chi connectivity index (χ2v) is 5.77. The van der Waals surface area contributed by atoms with Gasteiger partial charge in [-0.2, -0.15) is 5.10 Å². The number of rotatable bonds is 3. The van der Waals surface area contributed by atoms with Gasteiger partial charge in [-0.1, -0.05) is 35.9 Å². The van der Waals surface area contributed by atoms with Gasteiger partial charge >= 0.3 is 0 Å². The minimum absolute atomic E-state index is 0.0499. The van der Waals surface area contributed by atoms with Crippen LogP contribution < -0.4 is 16.4 Å². The summed E-state index contributed by atoms with van der Waals surface area (Å²) in [7, 11) is 0. The number of aromatic nitrogens is 2. The number of hydrogen-bond acceptors (Lipinski definition) is 4. The van der Waals surface area contributed by atoms with E-state index in [1.54, 1.807) is 24.3 Å². The Balaban J connectivity index is 1.71. The molecule has 0 atom stereocenters. The number of nitrogens with one attached hydrogen (secondary N) is 3. The lowest BCUT2D eigenvalue weighted by molar-refractivity contribution is -0.117. The van der Waals surface area contributed by atoms with Gasteiger partial charge in [-0.15, -0.1) is 0 Å². The number of carbonyl (C=O) groups is 2. The van der Waals surface area contributed by atoms with Crippen LogP contribution >= 0.6 is 11.6 Å². The van der Waals surface area contributed by atoms with Gasteiger partial charge in [-0.05, 0) is 24.3 Å². The van der Waals surface area contributed by atoms with Crippen molar-refractivity contribution in [1.29, 1.82) is 0 Å². The highest BCUT2D eigenvalue weighted by atomic mass is 35.5. The lowest BCUT2D eigenvalue weighted by atomic mass is 10.1. The van der Waals surface area contributed by atoms with Crippen LogP contribution in [0, 0.1) is 5.82 Å². The van der Waals surface area contributed by atoms with E-state index in [4.69, 9.17) is 11.6 Å². The third-order valence-corrected chi connectivity index (χ3v) is 3.94. The van der Waals surface area contributed by atoms with E-state index in [1.165, 1.54) is 24.3 Å². The molecule has 0 aliphatic carbocycles. The Hall–Kier alpha value is -3.52. The maximum atomic E-state index is 13.6. The van der Waals surface area contributed by atoms with Gasteiger partial charge < -0.3 is 0 Å². The maximum Gasteiger partial charge on any atom is 0.290 e. The summed E-state index contributed by atoms with van der Waals surface area (Å²) >= 11 is 5.86. The van der Waals surface area contributed by atoms with Crippen molar-refractivity contribution in [2.75, 3.05) is 0 Å². The van der Waals surface area contributed by atoms with Crippen molar-refractivity contribution in [2.45, 2.75) is 0 Å². The highest BCUT2D eigenvalue weighted by Gasteiger charge is 2.14. The predicted molar refractivity (Wildman–Crippen MR) is 98.4 cm³/mol. The first-order valence-electron chi connectivity index (χ1n) is 7.67. The first-order chi connectivity index (χ1) is 13.0. The second-order valence-electron chi connectivity index (χ2n) is 5.36. The quantitative estimate of drug-likeness (QED) is 0.474. The summed E-state index contributed by atoms with van der Waals surface area (Å²) in [6.45, 7) is 0. The van der Waals surface area contributed by atoms with Crippen LogP contribution in [0.3, 0.4) is 0 Å². The van der Waals surface area contributed by atoms with E-state index < -0.39 is 23.2 Å². The van der Waals surface area contributed by atoms with Crippen molar-refractivity contribution in [1.82, 2.24) is 21.0 Å². The average Bonchev–Trinajstić information content (AvgIpc) is 2.66. The van der Waals surface area contributed by atoms with Crippen molar-refractivity contribution in [3.63, 3.8) is 0 Å². The van der Waals surface area contributed by atoms with Crippen LogP contribution in [0.2, 0.25) is 5.02 Å². The molecule has 0 fully saturated rings. The number of hydrazine groups is 1. The van der Waals surface area contributed by atoms with Crippen molar-refractivity contribution >= 4 is 40.3 Å². The third kappa shape index (κ3) is 4.01. The summed E-state index contributed by atoms with van der Waals surface area (Å²) in [5.74, 6) is -2.02. The number of fused-ring (bicyclic) bond motifs is 1. The molecule has 3 N–H and O–H groups in total. The average molecular weight is 387 g/mol. The van der Waals surface area contributed by atoms with E-state index in [-0.39, 0.29) is 21.7 Å². The number of nitrogens with zero attached hydrogens (tertiary/aromatic N) is 1. The molecule has 0 aliphatic heterocycles. The monoisotopic (exact) mass is 386 g/mol. The largest absolute Gasteiger partial charge is 0.290 e. The fraction of sp³-hybridized carbons (Fsp3) is 0. The third-order valence-electron chi connectivity index (χ3n) is 3.61. The normalized spacial score (nSPS) is 10.9. The minimum atomic E-state index is -0.729. The van der Waals surface area contributed by atoms with Crippen LogP contribution in [0.15, 0.2) is 53.3 Å². The van der Waals surface area contributed by atoms with Gasteiger partial charge in [0, 0.05) is 17.0 Å². The van der Waals surface area contributed by atoms with Crippen molar-refractivity contribution in [3.05, 3.63) is 81.0 Å². The number of halogens is 2. The topological polar surface area (TPSA) is 104 Å². The maximum absolute atomic E-state index is 13.6. The molecule has 9 heteroatoms. The van der Waals surface area contributed by atoms with E-state index >= 15 is 0 Å². The molecule has 0 saturated heterocycles. The van der Waals surface area contributed by atoms with Gasteiger partial charge in [-0.3, -0.25) is 25.2 Å². The standard InChI is InChI=1S/C18H12ClFN4O3/c19-13-6-3-7-14(20)12(13)8-9-15(25)21-24-18(27)16-10-4-1-2-5-11(10)17(26)23-22-16/h1-9H,(H,21,25)(H,23,26)(H,24,27)/b9-8+. The lowest BCUT2D eigenvalue weighted by Gasteiger charge is -2.07. The molecule has 27 heavy (non-hydrogen) atoms. The van der Waals surface area contributed by atoms with Gasteiger partial charge in [0.25, 0.3) is 17.4 Å². The first kappa shape index (κ1) is 18.3. The van der Waals surface area contributed by atoms with E-state index in [2.05, 4.69) is 21.0 Å². The molecular weight excluding hydrogens is 375 g/mol. The smallest absolute Gasteiger partial charge is 0.268 e. The molecular formula is C18H12ClFN4O3. The Bertz CT molecular complexity index is 1110. The summed E-state index contributed by atoms with van der Waals surface area (Å²) in [6.07, 6.45) is 2.20. The van der Waals surface area contributed by atoms with Gasteiger partial charge in [0.05, 0.1) is 10.4 Å². The van der Waals surface area contributed by atoms with Crippen LogP contribution in [0.4, 0.5) is 4.39 Å². The Morgan fingerprint density at radius 1 is 1.07 bits per heavy atom. The molecule has 0 unspecified atom stereocenters. The number of H-pyrrole nitrogens is 1. The Morgan fingerprint density at radius 2 is 1.81 bits per heavy atom. The van der Waals surface area contributed by atoms with Crippen molar-refractivity contribution in [2.24, 2.45) is 0 Å². The molecule has 3 aromatic rings. The molecule has 1 aromatic heterocycles. The molecule has 0 aliphatic rings. The zero-order valence-electron chi connectivity index (χ0n) is 13.6. The number of hydrogen-bond donors (Lipinski definition) is 3. The van der Waals surface area contributed by atoms with Gasteiger partial charge in [0.1, 0.15) is 5.82 Å². The zero-order valence-corrected chi connectivity index (χ0v) is 14.4. The molecule has 0 bridgehead atoms. The molecule has 0 radical (unpaired) electrons. The molecule has 2 amide bonds. The molecule has 7 nitrogen and oxygen atoms in total. The summed E-state index contributed by atoms with van der Waals surface area (Å²) in [6, 6.07) is 10.5. The van der Waals surface area contributed by atoms with Gasteiger partial charge in [-0.25, -0.2) is 9.49 Å². The fourth-order valence-electron chi connectivity index (χ4n) is 2.34. The molecule has 1 heterocycles. The lowest BCUT2D eigenvalue weighted by Crippen LogP contribution is -2.41. The molecule has 3 rings (SSSR count). The van der Waals surface area contributed by atoms with Gasteiger partial charge in [0.2, 0.25) is 0 Å². The van der Waals surface area contributed by atoms with Crippen LogP contribution in [0.1, 0.15) is 16.1 Å². The van der Waals surface area contributed by atoms with Gasteiger partial charge in [0.15, 0.2) is 5.69 Å². The van der Waals surface area contributed by atoms with E-state index in [0.29, 0.717) is 5.39 Å². The number of carbonyl (C=O) groups excluding carboxylic acids is 2. The summed E-state index contributed by atoms with van der Waals surface area (Å²) in [4.78, 5) is 35.8. The second kappa shape index (κ2) is 7.79. The summed E-state index contributed by atoms with van der Waals surface area (Å²) < 4.78 is 13.6. The highest BCUT2D eigenvalue weighted by molar-refractivity contribution is 6.32. The number of amides is 2. The van der Waals surface area contributed by atoms with E-state index in [0.717, 1.165) is 6.08 Å². The molecule has 0 spiro atoms. The predicted octanol–water partition coefficient (Wildman–Crippen LogP) is 2.19. The van der Waals surface area contributed by atoms with Crippen molar-refractivity contribution in [3.8, 4) is 0 Å². The summed E-state index contributed by atoms with van der Waals surface area (Å²) in [5, 5.41) is 6.71. The Kier molecular flexibility index (Phi) is 5.28. The van der Waals surface area contributed by atoms with E-state index in [9.17, 15) is 18.8 Å². The van der Waals surface area contributed by atoms with Crippen LogP contribution in [-0.4, -0.2) is 22.0 Å². The first-order valence-corrected chi connectivity index (χ1v) is 8.05. The minimum Gasteiger partial charge on any atom is -0.268 e. The fourth-order valence-corrected chi connectivity index (χ4v) is 2.56. The van der Waals surface area contributed by atoms with E-state index in [1.807, 2.05) is 0 Å². The Labute approximate surface area is 156 Å². The SMILES string of the molecule is O=C(/C=C/c1c(F)cccc1Cl)NNC(=O)c1n[nH]c(=O)c2ccccc12. The van der Waals surface area contributed by atoms with Crippen LogP contribution in [0.5, 0.6) is 0 Å². The molecule has 2 aromatic carbocycles. The number of benzene rings is 2. The number of aromatic amines is 1. The van der Waals surface area contributed by atoms with Crippen LogP contribution in [0.25, 0.3) is 16.8 Å². The molecule has 136 valence electrons. The van der Waals surface area contributed by atoms with Crippen molar-refractivity contribution < 1.29 is 14.0 Å². The zero-order chi connectivity index (χ0) is 19.4. The van der Waals surface area contributed by atoms with Crippen LogP contribution in [-0.2, 0) is 4.79 Å². The summed E-state index contributed by atoms with van der Waals surface area (Å²) in [5.41, 5.74) is 3.87. The highest BCUT2D eigenvalue weighted by Crippen LogP contribution is 2.20. The Morgan fingerprint density at radius 3 is 2.56 bits per heavy atom.